The van der Waals surface area contributed by atoms with E-state index in [1.807, 2.05) is 4.90 Å². The third kappa shape index (κ3) is 4.72. The van der Waals surface area contributed by atoms with Crippen molar-refractivity contribution in [3.8, 4) is 0 Å². The van der Waals surface area contributed by atoms with E-state index in [1.165, 1.54) is 39.0 Å². The maximum atomic E-state index is 12.9. The standard InChI is InChI=1S/C18H32N2O2/c1-3-7-15-8-6-12-20(13-11-15)18(22)17(19-14(2)21)16-9-4-5-10-16/h15-17H,3-13H2,1-2H3,(H,19,21)/t15-,17+/m1/s1. The minimum atomic E-state index is -0.289. The van der Waals surface area contributed by atoms with Crippen LogP contribution < -0.4 is 5.32 Å². The lowest BCUT2D eigenvalue weighted by Gasteiger charge is -2.30. The van der Waals surface area contributed by atoms with Gasteiger partial charge >= 0.3 is 0 Å². The molecule has 22 heavy (non-hydrogen) atoms. The molecule has 0 radical (unpaired) electrons. The van der Waals surface area contributed by atoms with Gasteiger partial charge in [0, 0.05) is 20.0 Å². The molecule has 1 N–H and O–H groups in total. The molecule has 0 aromatic rings. The molecular weight excluding hydrogens is 276 g/mol. The van der Waals surface area contributed by atoms with Gasteiger partial charge in [-0.05, 0) is 43.9 Å². The summed E-state index contributed by atoms with van der Waals surface area (Å²) in [5.74, 6) is 1.20. The van der Waals surface area contributed by atoms with Gasteiger partial charge in [0.15, 0.2) is 0 Å². The number of carbonyl (C=O) groups excluding carboxylic acids is 2. The molecule has 0 aromatic carbocycles. The highest BCUT2D eigenvalue weighted by atomic mass is 16.2. The van der Waals surface area contributed by atoms with Gasteiger partial charge in [-0.25, -0.2) is 0 Å². The van der Waals surface area contributed by atoms with Crippen LogP contribution in [0.15, 0.2) is 0 Å². The number of likely N-dealkylation sites (tertiary alicyclic amines) is 1. The Balaban J connectivity index is 1.97. The van der Waals surface area contributed by atoms with E-state index >= 15 is 0 Å². The zero-order valence-corrected chi connectivity index (χ0v) is 14.3. The van der Waals surface area contributed by atoms with E-state index in [0.717, 1.165) is 44.7 Å². The average Bonchev–Trinajstić information content (AvgIpc) is 2.91. The van der Waals surface area contributed by atoms with E-state index in [2.05, 4.69) is 12.2 Å². The number of nitrogens with zero attached hydrogens (tertiary/aromatic N) is 1. The molecule has 1 aliphatic carbocycles. The number of hydrogen-bond acceptors (Lipinski definition) is 2. The van der Waals surface area contributed by atoms with Crippen molar-refractivity contribution in [1.82, 2.24) is 10.2 Å². The van der Waals surface area contributed by atoms with Gasteiger partial charge in [0.2, 0.25) is 11.8 Å². The second-order valence-corrected chi connectivity index (χ2v) is 7.13. The number of rotatable bonds is 5. The summed E-state index contributed by atoms with van der Waals surface area (Å²) in [5.41, 5.74) is 0. The van der Waals surface area contributed by atoms with Gasteiger partial charge in [0.05, 0.1) is 0 Å². The SMILES string of the molecule is CCC[C@@H]1CCCN(C(=O)[C@@H](NC(C)=O)C2CCCC2)CC1. The lowest BCUT2D eigenvalue weighted by molar-refractivity contribution is -0.137. The van der Waals surface area contributed by atoms with Gasteiger partial charge in [-0.2, -0.15) is 0 Å². The zero-order valence-electron chi connectivity index (χ0n) is 14.3. The van der Waals surface area contributed by atoms with Gasteiger partial charge in [0.1, 0.15) is 6.04 Å². The van der Waals surface area contributed by atoms with Crippen LogP contribution in [-0.4, -0.2) is 35.8 Å². The van der Waals surface area contributed by atoms with E-state index in [1.54, 1.807) is 0 Å². The average molecular weight is 308 g/mol. The van der Waals surface area contributed by atoms with E-state index in [9.17, 15) is 9.59 Å². The van der Waals surface area contributed by atoms with E-state index < -0.39 is 0 Å². The van der Waals surface area contributed by atoms with Crippen LogP contribution in [0.4, 0.5) is 0 Å². The highest BCUT2D eigenvalue weighted by Crippen LogP contribution is 2.29. The van der Waals surface area contributed by atoms with Crippen LogP contribution in [0.5, 0.6) is 0 Å². The van der Waals surface area contributed by atoms with Crippen molar-refractivity contribution >= 4 is 11.8 Å². The van der Waals surface area contributed by atoms with Gasteiger partial charge in [-0.15, -0.1) is 0 Å². The minimum absolute atomic E-state index is 0.0797. The quantitative estimate of drug-likeness (QED) is 0.848. The molecule has 4 heteroatoms. The fourth-order valence-corrected chi connectivity index (χ4v) is 4.17. The minimum Gasteiger partial charge on any atom is -0.344 e. The van der Waals surface area contributed by atoms with E-state index in [0.29, 0.717) is 5.92 Å². The van der Waals surface area contributed by atoms with Gasteiger partial charge < -0.3 is 10.2 Å². The fourth-order valence-electron chi connectivity index (χ4n) is 4.17. The Morgan fingerprint density at radius 2 is 1.82 bits per heavy atom. The monoisotopic (exact) mass is 308 g/mol. The predicted molar refractivity (Wildman–Crippen MR) is 88.4 cm³/mol. The Hall–Kier alpha value is -1.06. The molecule has 2 amide bonds. The molecule has 1 aliphatic heterocycles. The van der Waals surface area contributed by atoms with Gasteiger partial charge in [-0.1, -0.05) is 32.6 Å². The van der Waals surface area contributed by atoms with Crippen LogP contribution in [0.3, 0.4) is 0 Å². The van der Waals surface area contributed by atoms with Crippen molar-refractivity contribution in [2.45, 2.75) is 77.7 Å². The first kappa shape index (κ1) is 17.3. The molecule has 4 nitrogen and oxygen atoms in total. The molecule has 0 aromatic heterocycles. The largest absolute Gasteiger partial charge is 0.344 e. The maximum absolute atomic E-state index is 12.9. The molecule has 0 spiro atoms. The summed E-state index contributed by atoms with van der Waals surface area (Å²) in [4.78, 5) is 26.5. The third-order valence-corrected chi connectivity index (χ3v) is 5.35. The van der Waals surface area contributed by atoms with Crippen molar-refractivity contribution in [2.24, 2.45) is 11.8 Å². The molecule has 126 valence electrons. The Morgan fingerprint density at radius 3 is 2.45 bits per heavy atom. The van der Waals surface area contributed by atoms with Crippen molar-refractivity contribution in [3.05, 3.63) is 0 Å². The number of amides is 2. The molecule has 2 fully saturated rings. The summed E-state index contributed by atoms with van der Waals surface area (Å²) in [6.07, 6.45) is 10.5. The maximum Gasteiger partial charge on any atom is 0.245 e. The van der Waals surface area contributed by atoms with Crippen LogP contribution >= 0.6 is 0 Å². The van der Waals surface area contributed by atoms with Crippen molar-refractivity contribution < 1.29 is 9.59 Å². The highest BCUT2D eigenvalue weighted by Gasteiger charge is 2.34. The predicted octanol–water partition coefficient (Wildman–Crippen LogP) is 3.11. The Bertz CT molecular complexity index is 377. The van der Waals surface area contributed by atoms with Crippen LogP contribution in [0.2, 0.25) is 0 Å². The summed E-state index contributed by atoms with van der Waals surface area (Å²) in [7, 11) is 0. The normalized spacial score (nSPS) is 24.8. The summed E-state index contributed by atoms with van der Waals surface area (Å²) < 4.78 is 0. The summed E-state index contributed by atoms with van der Waals surface area (Å²) in [5, 5.41) is 2.95. The molecule has 2 aliphatic rings. The van der Waals surface area contributed by atoms with Crippen LogP contribution in [-0.2, 0) is 9.59 Å². The number of hydrogen-bond donors (Lipinski definition) is 1. The molecule has 1 heterocycles. The molecule has 0 bridgehead atoms. The second kappa shape index (κ2) is 8.54. The molecule has 2 atom stereocenters. The van der Waals surface area contributed by atoms with Crippen LogP contribution in [0, 0.1) is 11.8 Å². The Kier molecular flexibility index (Phi) is 6.71. The first-order valence-corrected chi connectivity index (χ1v) is 9.17. The molecule has 0 unspecified atom stereocenters. The smallest absolute Gasteiger partial charge is 0.245 e. The van der Waals surface area contributed by atoms with Gasteiger partial charge in [0.25, 0.3) is 0 Å². The number of nitrogens with one attached hydrogen (secondary N) is 1. The molecular formula is C18H32N2O2. The van der Waals surface area contributed by atoms with E-state index in [4.69, 9.17) is 0 Å². The van der Waals surface area contributed by atoms with Crippen molar-refractivity contribution in [2.75, 3.05) is 13.1 Å². The summed E-state index contributed by atoms with van der Waals surface area (Å²) in [6.45, 7) is 5.49. The van der Waals surface area contributed by atoms with Gasteiger partial charge in [-0.3, -0.25) is 9.59 Å². The third-order valence-electron chi connectivity index (χ3n) is 5.35. The van der Waals surface area contributed by atoms with Crippen molar-refractivity contribution in [3.63, 3.8) is 0 Å². The Morgan fingerprint density at radius 1 is 1.09 bits per heavy atom. The Labute approximate surface area is 135 Å². The molecule has 1 saturated carbocycles. The fraction of sp³-hybridized carbons (Fsp3) is 0.889. The summed E-state index contributed by atoms with van der Waals surface area (Å²) >= 11 is 0. The van der Waals surface area contributed by atoms with Crippen LogP contribution in [0.25, 0.3) is 0 Å². The van der Waals surface area contributed by atoms with Crippen molar-refractivity contribution in [1.29, 1.82) is 0 Å². The molecule has 1 saturated heterocycles. The number of carbonyl (C=O) groups is 2. The van der Waals surface area contributed by atoms with Crippen LogP contribution in [0.1, 0.15) is 71.6 Å². The summed E-state index contributed by atoms with van der Waals surface area (Å²) in [6, 6.07) is -0.289. The van der Waals surface area contributed by atoms with E-state index in [-0.39, 0.29) is 17.9 Å². The first-order valence-electron chi connectivity index (χ1n) is 9.17. The molecule has 2 rings (SSSR count). The lowest BCUT2D eigenvalue weighted by atomic mass is 9.95. The zero-order chi connectivity index (χ0) is 15.9. The lowest BCUT2D eigenvalue weighted by Crippen LogP contribution is -2.51. The first-order chi connectivity index (χ1) is 10.6. The highest BCUT2D eigenvalue weighted by molar-refractivity contribution is 5.87. The second-order valence-electron chi connectivity index (χ2n) is 7.13. The topological polar surface area (TPSA) is 49.4 Å².